The standard InChI is InChI=1S/C9H6BrF5S/c10-8(9(13,14)15)4-16-7-2-1-5(11)3-6(7)12/h1-3,8H,4H2. The second-order valence-corrected chi connectivity index (χ2v) is 5.06. The Balaban J connectivity index is 2.62. The van der Waals surface area contributed by atoms with Crippen LogP contribution in [0.2, 0.25) is 0 Å². The van der Waals surface area contributed by atoms with Crippen LogP contribution in [-0.4, -0.2) is 16.8 Å². The zero-order chi connectivity index (χ0) is 12.3. The lowest BCUT2D eigenvalue weighted by molar-refractivity contribution is -0.122. The van der Waals surface area contributed by atoms with E-state index in [1.54, 1.807) is 0 Å². The van der Waals surface area contributed by atoms with Gasteiger partial charge in [0.2, 0.25) is 0 Å². The molecule has 0 heterocycles. The molecule has 0 amide bonds. The van der Waals surface area contributed by atoms with Gasteiger partial charge in [-0.2, -0.15) is 13.2 Å². The molecule has 0 nitrogen and oxygen atoms in total. The molecule has 16 heavy (non-hydrogen) atoms. The van der Waals surface area contributed by atoms with E-state index in [2.05, 4.69) is 15.9 Å². The molecule has 90 valence electrons. The lowest BCUT2D eigenvalue weighted by Gasteiger charge is -2.13. The highest BCUT2D eigenvalue weighted by atomic mass is 79.9. The summed E-state index contributed by atoms with van der Waals surface area (Å²) in [6, 6.07) is 2.76. The Morgan fingerprint density at radius 2 is 1.88 bits per heavy atom. The molecule has 0 aliphatic heterocycles. The average molecular weight is 321 g/mol. The quantitative estimate of drug-likeness (QED) is 0.452. The highest BCUT2D eigenvalue weighted by Crippen LogP contribution is 2.32. The molecular weight excluding hydrogens is 315 g/mol. The molecule has 1 rings (SSSR count). The molecule has 1 atom stereocenters. The van der Waals surface area contributed by atoms with Gasteiger partial charge in [0.15, 0.2) is 0 Å². The molecule has 0 aromatic heterocycles. The third-order valence-corrected chi connectivity index (χ3v) is 4.05. The third-order valence-electron chi connectivity index (χ3n) is 1.63. The molecule has 1 unspecified atom stereocenters. The topological polar surface area (TPSA) is 0 Å². The number of benzene rings is 1. The van der Waals surface area contributed by atoms with Gasteiger partial charge >= 0.3 is 6.18 Å². The first kappa shape index (κ1) is 13.8. The number of halogens is 6. The molecule has 0 fully saturated rings. The molecule has 0 radical (unpaired) electrons. The van der Waals surface area contributed by atoms with Crippen LogP contribution in [0.1, 0.15) is 0 Å². The summed E-state index contributed by atoms with van der Waals surface area (Å²) in [7, 11) is 0. The van der Waals surface area contributed by atoms with Crippen molar-refractivity contribution >= 4 is 27.7 Å². The molecule has 1 aromatic rings. The second-order valence-electron chi connectivity index (χ2n) is 2.89. The summed E-state index contributed by atoms with van der Waals surface area (Å²) in [6.07, 6.45) is -4.37. The van der Waals surface area contributed by atoms with E-state index < -0.39 is 22.6 Å². The van der Waals surface area contributed by atoms with Gasteiger partial charge in [-0.15, -0.1) is 11.8 Å². The van der Waals surface area contributed by atoms with Gasteiger partial charge in [0.1, 0.15) is 16.5 Å². The predicted octanol–water partition coefficient (Wildman–Crippen LogP) is 4.38. The first-order chi connectivity index (χ1) is 7.30. The Bertz CT molecular complexity index is 365. The SMILES string of the molecule is Fc1ccc(SCC(Br)C(F)(F)F)c(F)c1. The lowest BCUT2D eigenvalue weighted by Crippen LogP contribution is -2.24. The summed E-state index contributed by atoms with van der Waals surface area (Å²) >= 11 is 3.13. The van der Waals surface area contributed by atoms with Crippen LogP contribution in [0, 0.1) is 11.6 Å². The summed E-state index contributed by atoms with van der Waals surface area (Å²) in [5.74, 6) is -1.98. The molecule has 0 N–H and O–H groups in total. The van der Waals surface area contributed by atoms with Gasteiger partial charge in [0.25, 0.3) is 0 Å². The van der Waals surface area contributed by atoms with Crippen LogP contribution in [0.25, 0.3) is 0 Å². The third kappa shape index (κ3) is 3.93. The number of hydrogen-bond donors (Lipinski definition) is 0. The monoisotopic (exact) mass is 320 g/mol. The van der Waals surface area contributed by atoms with Crippen LogP contribution in [0.4, 0.5) is 22.0 Å². The van der Waals surface area contributed by atoms with Crippen LogP contribution in [0.5, 0.6) is 0 Å². The summed E-state index contributed by atoms with van der Waals surface area (Å²) in [6.45, 7) is 0. The predicted molar refractivity (Wildman–Crippen MR) is 55.9 cm³/mol. The van der Waals surface area contributed by atoms with Crippen LogP contribution < -0.4 is 0 Å². The minimum absolute atomic E-state index is 0.00454. The Hall–Kier alpha value is -0.300. The molecule has 7 heteroatoms. The zero-order valence-electron chi connectivity index (χ0n) is 7.69. The van der Waals surface area contributed by atoms with E-state index in [4.69, 9.17) is 0 Å². The lowest BCUT2D eigenvalue weighted by atomic mass is 10.3. The van der Waals surface area contributed by atoms with Crippen molar-refractivity contribution in [3.8, 4) is 0 Å². The minimum Gasteiger partial charge on any atom is -0.207 e. The van der Waals surface area contributed by atoms with Crippen molar-refractivity contribution in [3.05, 3.63) is 29.8 Å². The first-order valence-electron chi connectivity index (χ1n) is 4.09. The van der Waals surface area contributed by atoms with Gasteiger partial charge in [-0.05, 0) is 12.1 Å². The maximum absolute atomic E-state index is 13.0. The van der Waals surface area contributed by atoms with E-state index in [1.807, 2.05) is 0 Å². The maximum Gasteiger partial charge on any atom is 0.402 e. The average Bonchev–Trinajstić information content (AvgIpc) is 2.14. The minimum atomic E-state index is -4.37. The second kappa shape index (κ2) is 5.35. The largest absolute Gasteiger partial charge is 0.402 e. The molecule has 0 spiro atoms. The van der Waals surface area contributed by atoms with Crippen molar-refractivity contribution in [2.24, 2.45) is 0 Å². The Morgan fingerprint density at radius 3 is 2.38 bits per heavy atom. The Morgan fingerprint density at radius 1 is 1.25 bits per heavy atom. The van der Waals surface area contributed by atoms with Gasteiger partial charge in [0, 0.05) is 16.7 Å². The fourth-order valence-electron chi connectivity index (χ4n) is 0.850. The van der Waals surface area contributed by atoms with Gasteiger partial charge in [-0.3, -0.25) is 0 Å². The molecule has 0 aliphatic rings. The number of rotatable bonds is 3. The number of thioether (sulfide) groups is 1. The first-order valence-corrected chi connectivity index (χ1v) is 5.99. The van der Waals surface area contributed by atoms with Gasteiger partial charge < -0.3 is 0 Å². The van der Waals surface area contributed by atoms with E-state index in [0.29, 0.717) is 17.8 Å². The molecular formula is C9H6BrF5S. The van der Waals surface area contributed by atoms with Crippen molar-refractivity contribution in [1.82, 2.24) is 0 Å². The highest BCUT2D eigenvalue weighted by molar-refractivity contribution is 9.09. The molecule has 0 bridgehead atoms. The molecule has 1 aromatic carbocycles. The van der Waals surface area contributed by atoms with Gasteiger partial charge in [0.05, 0.1) is 0 Å². The van der Waals surface area contributed by atoms with E-state index in [9.17, 15) is 22.0 Å². The van der Waals surface area contributed by atoms with E-state index in [1.165, 1.54) is 0 Å². The highest BCUT2D eigenvalue weighted by Gasteiger charge is 2.37. The summed E-state index contributed by atoms with van der Waals surface area (Å²) in [5.41, 5.74) is 0. The molecule has 0 saturated heterocycles. The fraction of sp³-hybridized carbons (Fsp3) is 0.333. The van der Waals surface area contributed by atoms with Crippen molar-refractivity contribution in [3.63, 3.8) is 0 Å². The van der Waals surface area contributed by atoms with Gasteiger partial charge in [-0.1, -0.05) is 15.9 Å². The summed E-state index contributed by atoms with van der Waals surface area (Å²) in [4.78, 5) is -1.72. The number of hydrogen-bond acceptors (Lipinski definition) is 1. The van der Waals surface area contributed by atoms with Crippen molar-refractivity contribution in [2.75, 3.05) is 5.75 Å². The zero-order valence-corrected chi connectivity index (χ0v) is 10.1. The summed E-state index contributed by atoms with van der Waals surface area (Å²) < 4.78 is 61.8. The molecule has 0 aliphatic carbocycles. The maximum atomic E-state index is 13.0. The Labute approximate surface area is 101 Å². The van der Waals surface area contributed by atoms with E-state index in [-0.39, 0.29) is 10.6 Å². The van der Waals surface area contributed by atoms with Crippen LogP contribution in [0.3, 0.4) is 0 Å². The smallest absolute Gasteiger partial charge is 0.207 e. The van der Waals surface area contributed by atoms with Crippen LogP contribution >= 0.6 is 27.7 Å². The Kier molecular flexibility index (Phi) is 4.61. The summed E-state index contributed by atoms with van der Waals surface area (Å²) in [5, 5.41) is 0. The van der Waals surface area contributed by atoms with E-state index in [0.717, 1.165) is 12.1 Å². The number of alkyl halides is 4. The van der Waals surface area contributed by atoms with Crippen molar-refractivity contribution in [2.45, 2.75) is 15.9 Å². The fourth-order valence-corrected chi connectivity index (χ4v) is 2.12. The molecule has 0 saturated carbocycles. The van der Waals surface area contributed by atoms with Crippen LogP contribution in [0.15, 0.2) is 23.1 Å². The van der Waals surface area contributed by atoms with E-state index >= 15 is 0 Å². The van der Waals surface area contributed by atoms with Crippen LogP contribution in [-0.2, 0) is 0 Å². The van der Waals surface area contributed by atoms with Gasteiger partial charge in [-0.25, -0.2) is 8.78 Å². The van der Waals surface area contributed by atoms with Crippen molar-refractivity contribution in [1.29, 1.82) is 0 Å². The van der Waals surface area contributed by atoms with Crippen molar-refractivity contribution < 1.29 is 22.0 Å². The normalized spacial score (nSPS) is 13.9.